The van der Waals surface area contributed by atoms with E-state index in [-0.39, 0.29) is 48.2 Å². The number of nitriles is 2. The second-order valence-corrected chi connectivity index (χ2v) is 16.1. The highest BCUT2D eigenvalue weighted by molar-refractivity contribution is 6.10. The lowest BCUT2D eigenvalue weighted by atomic mass is 9.79. The Morgan fingerprint density at radius 2 is 1.91 bits per heavy atom. The van der Waals surface area contributed by atoms with Crippen molar-refractivity contribution in [2.24, 2.45) is 5.92 Å². The number of nitrogens with zero attached hydrogens (tertiary/aromatic N) is 6. The number of likely N-dealkylation sites (tertiary alicyclic amines) is 1. The number of halogens is 1. The number of benzene rings is 3. The number of hydrogen-bond donors (Lipinski definition) is 0. The van der Waals surface area contributed by atoms with Crippen LogP contribution in [0.3, 0.4) is 0 Å². The molecule has 4 aliphatic rings. The first-order chi connectivity index (χ1) is 25.4. The zero-order chi connectivity index (χ0) is 37.3. The van der Waals surface area contributed by atoms with Gasteiger partial charge >= 0.3 is 6.09 Å². The summed E-state index contributed by atoms with van der Waals surface area (Å²) in [5.74, 6) is 0.0799. The average molecular weight is 713 g/mol. The van der Waals surface area contributed by atoms with Crippen molar-refractivity contribution in [3.8, 4) is 29.1 Å². The van der Waals surface area contributed by atoms with E-state index >= 15 is 4.39 Å². The molecule has 10 heteroatoms. The zero-order valence-corrected chi connectivity index (χ0v) is 31.2. The maximum Gasteiger partial charge on any atom is 0.410 e. The zero-order valence-electron chi connectivity index (χ0n) is 31.2. The number of carbonyl (C=O) groups is 1. The van der Waals surface area contributed by atoms with Crippen LogP contribution < -0.4 is 4.74 Å². The fourth-order valence-electron chi connectivity index (χ4n) is 9.32. The van der Waals surface area contributed by atoms with Gasteiger partial charge < -0.3 is 18.9 Å². The van der Waals surface area contributed by atoms with Crippen molar-refractivity contribution >= 4 is 38.7 Å². The predicted octanol–water partition coefficient (Wildman–Crippen LogP) is 8.83. The summed E-state index contributed by atoms with van der Waals surface area (Å²) in [6.45, 7) is 11.3. The molecular formula is C43H45FN6O3. The highest BCUT2D eigenvalue weighted by atomic mass is 19.1. The van der Waals surface area contributed by atoms with Crippen LogP contribution in [0, 0.1) is 41.3 Å². The Morgan fingerprint density at radius 1 is 1.13 bits per heavy atom. The lowest BCUT2D eigenvalue weighted by Gasteiger charge is -2.39. The second-order valence-electron chi connectivity index (χ2n) is 16.1. The molecule has 53 heavy (non-hydrogen) atoms. The molecule has 9 nitrogen and oxygen atoms in total. The normalized spacial score (nSPS) is 21.9. The van der Waals surface area contributed by atoms with Crippen molar-refractivity contribution in [3.05, 3.63) is 71.2 Å². The molecule has 2 bridgehead atoms. The van der Waals surface area contributed by atoms with Gasteiger partial charge in [-0.15, -0.1) is 0 Å². The SMILES string of the molecule is Cc1cc2c(O[C@@H](C)[C@@H]3CCCN3C)nc3c(F)c(-c4cccc5cccc(C#N)c45)c(CCC#N)cc3c2n1[C@H]1[C@@H]2C[C@H]1N(C(=O)OC(C)(C)C)C2. The van der Waals surface area contributed by atoms with Gasteiger partial charge in [0.15, 0.2) is 5.82 Å². The van der Waals surface area contributed by atoms with Gasteiger partial charge in [0.05, 0.1) is 40.7 Å². The van der Waals surface area contributed by atoms with Crippen LogP contribution in [-0.4, -0.2) is 69.4 Å². The summed E-state index contributed by atoms with van der Waals surface area (Å²) in [4.78, 5) is 22.6. The summed E-state index contributed by atoms with van der Waals surface area (Å²) < 4.78 is 32.6. The predicted molar refractivity (Wildman–Crippen MR) is 203 cm³/mol. The van der Waals surface area contributed by atoms with Gasteiger partial charge in [-0.3, -0.25) is 4.90 Å². The Morgan fingerprint density at radius 3 is 2.60 bits per heavy atom. The summed E-state index contributed by atoms with van der Waals surface area (Å²) in [7, 11) is 2.11. The lowest BCUT2D eigenvalue weighted by Crippen LogP contribution is -2.44. The minimum Gasteiger partial charge on any atom is -0.472 e. The van der Waals surface area contributed by atoms with Crippen molar-refractivity contribution in [2.75, 3.05) is 20.1 Å². The Bertz CT molecular complexity index is 2380. The minimum absolute atomic E-state index is 0.0293. The maximum atomic E-state index is 17.8. The molecule has 5 heterocycles. The van der Waals surface area contributed by atoms with Crippen molar-refractivity contribution in [3.63, 3.8) is 0 Å². The van der Waals surface area contributed by atoms with E-state index < -0.39 is 11.4 Å². The van der Waals surface area contributed by atoms with E-state index in [9.17, 15) is 15.3 Å². The van der Waals surface area contributed by atoms with Crippen molar-refractivity contribution in [1.82, 2.24) is 19.4 Å². The van der Waals surface area contributed by atoms with Crippen LogP contribution in [0.2, 0.25) is 0 Å². The monoisotopic (exact) mass is 712 g/mol. The van der Waals surface area contributed by atoms with Crippen molar-refractivity contribution in [1.29, 1.82) is 10.5 Å². The van der Waals surface area contributed by atoms with Crippen LogP contribution in [0.25, 0.3) is 43.7 Å². The topological polar surface area (TPSA) is 107 Å². The Kier molecular flexibility index (Phi) is 8.58. The molecule has 0 N–H and O–H groups in total. The van der Waals surface area contributed by atoms with Crippen LogP contribution >= 0.6 is 0 Å². The first-order valence-electron chi connectivity index (χ1n) is 18.7. The average Bonchev–Trinajstić information content (AvgIpc) is 3.90. The van der Waals surface area contributed by atoms with Gasteiger partial charge in [0, 0.05) is 47.0 Å². The third-order valence-electron chi connectivity index (χ3n) is 11.6. The summed E-state index contributed by atoms with van der Waals surface area (Å²) in [5, 5.41) is 22.8. The molecule has 5 atom stereocenters. The Hall–Kier alpha value is -5.19. The molecule has 1 saturated carbocycles. The summed E-state index contributed by atoms with van der Waals surface area (Å²) in [6.07, 6.45) is 2.95. The van der Waals surface area contributed by atoms with E-state index in [1.807, 2.05) is 62.1 Å². The first-order valence-corrected chi connectivity index (χ1v) is 18.7. The fourth-order valence-corrected chi connectivity index (χ4v) is 9.32. The fraction of sp³-hybridized carbons (Fsp3) is 0.442. The van der Waals surface area contributed by atoms with Gasteiger partial charge in [-0.2, -0.15) is 10.5 Å². The Balaban J connectivity index is 1.37. The minimum atomic E-state index is -0.610. The summed E-state index contributed by atoms with van der Waals surface area (Å²) >= 11 is 0. The number of likely N-dealkylation sites (N-methyl/N-ethyl adjacent to an activating group) is 1. The van der Waals surface area contributed by atoms with E-state index in [0.717, 1.165) is 47.8 Å². The molecule has 4 fully saturated rings. The van der Waals surface area contributed by atoms with Gasteiger partial charge in [-0.1, -0.05) is 30.3 Å². The molecular weight excluding hydrogens is 668 g/mol. The number of hydrogen-bond acceptors (Lipinski definition) is 7. The van der Waals surface area contributed by atoms with Crippen LogP contribution in [0.15, 0.2) is 48.5 Å². The molecule has 3 aromatic carbocycles. The third-order valence-corrected chi connectivity index (χ3v) is 11.6. The van der Waals surface area contributed by atoms with Crippen LogP contribution in [0.1, 0.15) is 76.2 Å². The standard InChI is InChI=1S/C43H45FN6O3/c1-24-19-32-40(50(24)39-29-21-34(39)49(23-29)42(51)53-43(3,4)5)31-20-27(14-9-17-45)36(30-15-8-12-26-11-7-13-28(22-46)35(26)30)37(44)38(31)47-41(32)52-25(2)33-16-10-18-48(33)6/h7-8,11-13,15,19-20,25,29,33-34,39H,9-10,14,16,18,21,23H2,1-6H3/t25-,29+,33-,34+,39-/m0/s1. The highest BCUT2D eigenvalue weighted by Gasteiger charge is 2.56. The smallest absolute Gasteiger partial charge is 0.410 e. The van der Waals surface area contributed by atoms with Crippen LogP contribution in [0.5, 0.6) is 5.88 Å². The quantitative estimate of drug-likeness (QED) is 0.166. The molecule has 5 aromatic rings. The number of rotatable bonds is 7. The van der Waals surface area contributed by atoms with Gasteiger partial charge in [0.2, 0.25) is 5.88 Å². The second kappa shape index (κ2) is 13.0. The molecule has 0 spiro atoms. The molecule has 9 rings (SSSR count). The number of fused-ring (bicyclic) bond motifs is 5. The van der Waals surface area contributed by atoms with Crippen LogP contribution in [-0.2, 0) is 11.2 Å². The third kappa shape index (κ3) is 5.75. The van der Waals surface area contributed by atoms with E-state index in [0.29, 0.717) is 51.9 Å². The number of aryl methyl sites for hydroxylation is 2. The molecule has 3 saturated heterocycles. The van der Waals surface area contributed by atoms with Gasteiger partial charge in [0.1, 0.15) is 17.2 Å². The van der Waals surface area contributed by atoms with Gasteiger partial charge in [0.25, 0.3) is 0 Å². The van der Waals surface area contributed by atoms with Crippen molar-refractivity contribution < 1.29 is 18.7 Å². The molecule has 272 valence electrons. The summed E-state index contributed by atoms with van der Waals surface area (Å²) in [6, 6.07) is 19.9. The van der Waals surface area contributed by atoms with E-state index in [1.54, 1.807) is 6.07 Å². The molecule has 3 aliphatic heterocycles. The maximum absolute atomic E-state index is 17.8. The van der Waals surface area contributed by atoms with Gasteiger partial charge in [-0.25, -0.2) is 14.2 Å². The van der Waals surface area contributed by atoms with Crippen LogP contribution in [0.4, 0.5) is 9.18 Å². The molecule has 2 aromatic heterocycles. The Labute approximate surface area is 309 Å². The number of aromatic nitrogens is 2. The molecule has 0 radical (unpaired) electrons. The largest absolute Gasteiger partial charge is 0.472 e. The summed E-state index contributed by atoms with van der Waals surface area (Å²) in [5.41, 5.74) is 3.42. The number of pyridine rings is 1. The highest BCUT2D eigenvalue weighted by Crippen LogP contribution is 2.53. The van der Waals surface area contributed by atoms with E-state index in [4.69, 9.17) is 14.5 Å². The first kappa shape index (κ1) is 34.9. The lowest BCUT2D eigenvalue weighted by molar-refractivity contribution is 0.0210. The van der Waals surface area contributed by atoms with E-state index in [1.165, 1.54) is 0 Å². The number of ether oxygens (including phenoxy) is 2. The number of amides is 1. The van der Waals surface area contributed by atoms with Gasteiger partial charge in [-0.05, 0) is 109 Å². The molecule has 1 aliphatic carbocycles. The van der Waals surface area contributed by atoms with Crippen molar-refractivity contribution in [2.45, 2.75) is 96.6 Å². The molecule has 1 amide bonds. The molecule has 0 unspecified atom stereocenters. The van der Waals surface area contributed by atoms with E-state index in [2.05, 4.69) is 48.6 Å². The number of carbonyl (C=O) groups excluding carboxylic acids is 1.